The Kier molecular flexibility index (Phi) is 7.74. The summed E-state index contributed by atoms with van der Waals surface area (Å²) in [6.45, 7) is 2.43. The minimum atomic E-state index is -0.475. The van der Waals surface area contributed by atoms with Gasteiger partial charge in [0.05, 0.1) is 0 Å². The van der Waals surface area contributed by atoms with E-state index in [2.05, 4.69) is 10.3 Å². The lowest BCUT2D eigenvalue weighted by molar-refractivity contribution is 0.561. The third-order valence-electron chi connectivity index (χ3n) is 3.06. The fourth-order valence-electron chi connectivity index (χ4n) is 1.91. The molecule has 0 saturated carbocycles. The zero-order chi connectivity index (χ0) is 17.9. The van der Waals surface area contributed by atoms with Crippen molar-refractivity contribution in [2.45, 2.75) is 0 Å². The summed E-state index contributed by atoms with van der Waals surface area (Å²) >= 11 is 2.03. The molecule has 1 aliphatic heterocycles. The Morgan fingerprint density at radius 1 is 0.920 bits per heavy atom. The quantitative estimate of drug-likeness (QED) is 0.519. The first kappa shape index (κ1) is 18.8. The van der Waals surface area contributed by atoms with Gasteiger partial charge in [0.2, 0.25) is 0 Å². The molecule has 3 heterocycles. The fraction of sp³-hybridized carbons (Fsp3) is 0.235. The van der Waals surface area contributed by atoms with Gasteiger partial charge in [-0.15, -0.1) is 0 Å². The van der Waals surface area contributed by atoms with Crippen molar-refractivity contribution in [2.75, 3.05) is 24.6 Å². The molecule has 0 atom stereocenters. The summed E-state index contributed by atoms with van der Waals surface area (Å²) in [4.78, 5) is 35.4. The largest absolute Gasteiger partial charge is 0.423 e. The summed E-state index contributed by atoms with van der Waals surface area (Å²) < 4.78 is 4.91. The molecule has 0 spiro atoms. The molecule has 0 unspecified atom stereocenters. The number of hydrogen-bond acceptors (Lipinski definition) is 6. The molecule has 7 nitrogen and oxygen atoms in total. The lowest BCUT2D eigenvalue weighted by atomic mass is 10.2. The van der Waals surface area contributed by atoms with Crippen molar-refractivity contribution < 1.29 is 4.42 Å². The maximum Gasteiger partial charge on any atom is 0.336 e. The molecule has 1 saturated heterocycles. The van der Waals surface area contributed by atoms with Gasteiger partial charge in [-0.1, -0.05) is 18.2 Å². The molecule has 0 bridgehead atoms. The molecule has 1 aromatic carbocycles. The van der Waals surface area contributed by atoms with Gasteiger partial charge in [0.15, 0.2) is 0 Å². The van der Waals surface area contributed by atoms with E-state index in [1.165, 1.54) is 42.9 Å². The van der Waals surface area contributed by atoms with E-state index in [4.69, 9.17) is 4.42 Å². The zero-order valence-electron chi connectivity index (χ0n) is 13.5. The first-order valence-corrected chi connectivity index (χ1v) is 8.86. The van der Waals surface area contributed by atoms with Crippen LogP contribution in [-0.2, 0) is 0 Å². The summed E-state index contributed by atoms with van der Waals surface area (Å²) in [5.74, 6) is 2.61. The van der Waals surface area contributed by atoms with Gasteiger partial charge in [0.1, 0.15) is 5.58 Å². The molecule has 0 radical (unpaired) electrons. The van der Waals surface area contributed by atoms with E-state index in [1.54, 1.807) is 12.1 Å². The number of fused-ring (bicyclic) bond motifs is 1. The molecule has 0 aliphatic carbocycles. The molecule has 25 heavy (non-hydrogen) atoms. The van der Waals surface area contributed by atoms with Crippen molar-refractivity contribution in [3.8, 4) is 0 Å². The normalized spacial score (nSPS) is 13.1. The van der Waals surface area contributed by atoms with E-state index in [-0.39, 0.29) is 11.2 Å². The second-order valence-electron chi connectivity index (χ2n) is 4.95. The number of rotatable bonds is 0. The van der Waals surface area contributed by atoms with Crippen LogP contribution < -0.4 is 22.2 Å². The van der Waals surface area contributed by atoms with Crippen LogP contribution in [0.3, 0.4) is 0 Å². The van der Waals surface area contributed by atoms with Crippen LogP contribution in [0.15, 0.2) is 67.5 Å². The summed E-state index contributed by atoms with van der Waals surface area (Å²) in [5.41, 5.74) is -0.519. The Hall–Kier alpha value is -2.58. The molecule has 8 heteroatoms. The third kappa shape index (κ3) is 7.23. The van der Waals surface area contributed by atoms with Crippen LogP contribution in [0.5, 0.6) is 0 Å². The molecule has 3 N–H and O–H groups in total. The molecular weight excluding hydrogens is 342 g/mol. The topological polar surface area (TPSA) is 108 Å². The Balaban J connectivity index is 0.000000142. The Morgan fingerprint density at radius 2 is 1.68 bits per heavy atom. The standard InChI is InChI=1S/C9H6O2.C4H4N2O2.C4H9NS/c10-9-6-5-7-3-1-2-4-8(7)11-9;7-3-1-2-5-4(8)6-3;1-3-6-4-2-5-1/h1-6H;1-2H,(H2,5,6,7,8);5H,1-4H2. The highest BCUT2D eigenvalue weighted by Crippen LogP contribution is 2.08. The number of H-pyrrole nitrogens is 2. The smallest absolute Gasteiger partial charge is 0.336 e. The summed E-state index contributed by atoms with van der Waals surface area (Å²) in [6.07, 6.45) is 1.29. The van der Waals surface area contributed by atoms with Gasteiger partial charge in [-0.3, -0.25) is 9.78 Å². The lowest BCUT2D eigenvalue weighted by Crippen LogP contribution is -2.24. The molecular formula is C17H19N3O4S. The van der Waals surface area contributed by atoms with Gasteiger partial charge in [-0.05, 0) is 12.1 Å². The molecule has 4 rings (SSSR count). The number of para-hydroxylation sites is 1. The van der Waals surface area contributed by atoms with Crippen LogP contribution in [0.2, 0.25) is 0 Å². The van der Waals surface area contributed by atoms with Gasteiger partial charge in [-0.2, -0.15) is 11.8 Å². The van der Waals surface area contributed by atoms with E-state index in [9.17, 15) is 14.4 Å². The minimum Gasteiger partial charge on any atom is -0.423 e. The molecule has 1 aliphatic rings. The van der Waals surface area contributed by atoms with Gasteiger partial charge < -0.3 is 14.7 Å². The average molecular weight is 361 g/mol. The van der Waals surface area contributed by atoms with Crippen LogP contribution in [0.1, 0.15) is 0 Å². The van der Waals surface area contributed by atoms with E-state index in [0.717, 1.165) is 5.39 Å². The number of aromatic amines is 2. The Labute approximate surface area is 147 Å². The van der Waals surface area contributed by atoms with Crippen molar-refractivity contribution in [1.82, 2.24) is 15.3 Å². The van der Waals surface area contributed by atoms with Gasteiger partial charge >= 0.3 is 11.3 Å². The first-order valence-electron chi connectivity index (χ1n) is 7.70. The summed E-state index contributed by atoms with van der Waals surface area (Å²) in [6, 6.07) is 11.8. The first-order chi connectivity index (χ1) is 12.1. The van der Waals surface area contributed by atoms with Gasteiger partial charge in [-0.25, -0.2) is 9.59 Å². The van der Waals surface area contributed by atoms with E-state index < -0.39 is 5.69 Å². The second kappa shape index (κ2) is 10.3. The molecule has 2 aromatic heterocycles. The highest BCUT2D eigenvalue weighted by atomic mass is 32.2. The minimum absolute atomic E-state index is 0.302. The van der Waals surface area contributed by atoms with E-state index in [0.29, 0.717) is 5.58 Å². The van der Waals surface area contributed by atoms with Crippen LogP contribution in [0.25, 0.3) is 11.0 Å². The van der Waals surface area contributed by atoms with Crippen LogP contribution in [-0.4, -0.2) is 34.6 Å². The number of aromatic nitrogens is 2. The number of benzene rings is 1. The fourth-order valence-corrected chi connectivity index (χ4v) is 2.69. The lowest BCUT2D eigenvalue weighted by Gasteiger charge is -2.08. The van der Waals surface area contributed by atoms with Crippen LogP contribution in [0.4, 0.5) is 0 Å². The maximum absolute atomic E-state index is 10.7. The third-order valence-corrected chi connectivity index (χ3v) is 4.05. The predicted molar refractivity (Wildman–Crippen MR) is 100 cm³/mol. The molecule has 132 valence electrons. The molecule has 1 fully saturated rings. The molecule has 0 amide bonds. The highest BCUT2D eigenvalue weighted by Gasteiger charge is 1.94. The van der Waals surface area contributed by atoms with Crippen molar-refractivity contribution in [2.24, 2.45) is 0 Å². The zero-order valence-corrected chi connectivity index (χ0v) is 14.3. The maximum atomic E-state index is 10.7. The van der Waals surface area contributed by atoms with Crippen LogP contribution >= 0.6 is 11.8 Å². The highest BCUT2D eigenvalue weighted by molar-refractivity contribution is 7.99. The average Bonchev–Trinajstić information content (AvgIpc) is 2.64. The Bertz CT molecular complexity index is 907. The van der Waals surface area contributed by atoms with Gasteiger partial charge in [0, 0.05) is 48.3 Å². The molecule has 3 aromatic rings. The number of hydrogen-bond donors (Lipinski definition) is 3. The van der Waals surface area contributed by atoms with Crippen molar-refractivity contribution in [1.29, 1.82) is 0 Å². The van der Waals surface area contributed by atoms with E-state index in [1.807, 2.05) is 34.9 Å². The van der Waals surface area contributed by atoms with Crippen molar-refractivity contribution in [3.05, 3.63) is 79.9 Å². The van der Waals surface area contributed by atoms with Gasteiger partial charge in [0.25, 0.3) is 5.56 Å². The monoisotopic (exact) mass is 361 g/mol. The van der Waals surface area contributed by atoms with Crippen molar-refractivity contribution in [3.63, 3.8) is 0 Å². The second-order valence-corrected chi connectivity index (χ2v) is 6.18. The summed E-state index contributed by atoms with van der Waals surface area (Å²) in [5, 5.41) is 4.21. The van der Waals surface area contributed by atoms with E-state index >= 15 is 0 Å². The predicted octanol–water partition coefficient (Wildman–Crippen LogP) is 1.18. The van der Waals surface area contributed by atoms with Crippen molar-refractivity contribution >= 4 is 22.7 Å². The number of thioether (sulfide) groups is 1. The summed E-state index contributed by atoms with van der Waals surface area (Å²) in [7, 11) is 0. The van der Waals surface area contributed by atoms with Crippen LogP contribution in [0, 0.1) is 0 Å². The number of nitrogens with one attached hydrogen (secondary N) is 3. The SMILES string of the molecule is C1CSCCN1.O=c1cc[nH]c(=O)[nH]1.O=c1ccc2ccccc2o1. The Morgan fingerprint density at radius 3 is 2.24 bits per heavy atom.